The summed E-state index contributed by atoms with van der Waals surface area (Å²) in [6.45, 7) is 1.21. The topological polar surface area (TPSA) is 57.6 Å². The number of rotatable bonds is 5. The summed E-state index contributed by atoms with van der Waals surface area (Å²) in [5.41, 5.74) is 3.32. The molecule has 4 nitrogen and oxygen atoms in total. The van der Waals surface area contributed by atoms with Crippen molar-refractivity contribution in [3.63, 3.8) is 0 Å². The van der Waals surface area contributed by atoms with Gasteiger partial charge in [0.05, 0.1) is 5.92 Å². The number of fused-ring (bicyclic) bond motifs is 1. The highest BCUT2D eigenvalue weighted by Gasteiger charge is 2.28. The molecule has 3 rings (SSSR count). The maximum absolute atomic E-state index is 12.4. The number of nitrogens with zero attached hydrogens (tertiary/aromatic N) is 1. The summed E-state index contributed by atoms with van der Waals surface area (Å²) in [7, 11) is 0. The van der Waals surface area contributed by atoms with Crippen LogP contribution in [-0.4, -0.2) is 21.9 Å². The average molecular weight is 315 g/mol. The van der Waals surface area contributed by atoms with E-state index in [1.54, 1.807) is 16.2 Å². The SMILES string of the molecule is O=C(O)C(CC(=O)N1Cc2cscc2C1)Cc1ccccc1. The van der Waals surface area contributed by atoms with Crippen molar-refractivity contribution in [2.45, 2.75) is 25.9 Å². The number of hydrogen-bond acceptors (Lipinski definition) is 3. The molecule has 2 aromatic rings. The normalized spacial score (nSPS) is 14.6. The van der Waals surface area contributed by atoms with Crippen LogP contribution in [0.5, 0.6) is 0 Å². The molecule has 1 aromatic carbocycles. The summed E-state index contributed by atoms with van der Waals surface area (Å²) < 4.78 is 0. The van der Waals surface area contributed by atoms with E-state index >= 15 is 0 Å². The Bertz CT molecular complexity index is 660. The van der Waals surface area contributed by atoms with Gasteiger partial charge in [-0.25, -0.2) is 0 Å². The maximum Gasteiger partial charge on any atom is 0.307 e. The molecule has 0 aliphatic carbocycles. The lowest BCUT2D eigenvalue weighted by molar-refractivity contribution is -0.146. The molecule has 0 bridgehead atoms. The Hall–Kier alpha value is -2.14. The van der Waals surface area contributed by atoms with Crippen LogP contribution in [0.1, 0.15) is 23.1 Å². The molecular weight excluding hydrogens is 298 g/mol. The first-order chi connectivity index (χ1) is 10.6. The smallest absolute Gasteiger partial charge is 0.307 e. The monoisotopic (exact) mass is 315 g/mol. The van der Waals surface area contributed by atoms with Crippen molar-refractivity contribution in [3.05, 3.63) is 57.8 Å². The molecule has 0 fully saturated rings. The van der Waals surface area contributed by atoms with Crippen molar-refractivity contribution in [2.24, 2.45) is 5.92 Å². The van der Waals surface area contributed by atoms with Crippen molar-refractivity contribution in [1.82, 2.24) is 4.90 Å². The molecule has 1 amide bonds. The Morgan fingerprint density at radius 1 is 1.14 bits per heavy atom. The van der Waals surface area contributed by atoms with Crippen molar-refractivity contribution in [3.8, 4) is 0 Å². The first-order valence-corrected chi connectivity index (χ1v) is 8.16. The molecule has 0 saturated carbocycles. The second kappa shape index (κ2) is 6.32. The zero-order valence-corrected chi connectivity index (χ0v) is 12.9. The number of carbonyl (C=O) groups excluding carboxylic acids is 1. The molecule has 0 saturated heterocycles. The second-order valence-corrected chi connectivity index (χ2v) is 6.34. The van der Waals surface area contributed by atoms with Crippen LogP contribution in [-0.2, 0) is 29.1 Å². The van der Waals surface area contributed by atoms with Gasteiger partial charge in [-0.15, -0.1) is 0 Å². The van der Waals surface area contributed by atoms with Gasteiger partial charge in [0.1, 0.15) is 0 Å². The quantitative estimate of drug-likeness (QED) is 0.923. The highest BCUT2D eigenvalue weighted by molar-refractivity contribution is 7.08. The number of thiophene rings is 1. The molecular formula is C17H17NO3S. The van der Waals surface area contributed by atoms with Crippen LogP contribution < -0.4 is 0 Å². The summed E-state index contributed by atoms with van der Waals surface area (Å²) >= 11 is 1.64. The summed E-state index contributed by atoms with van der Waals surface area (Å²) in [6, 6.07) is 9.45. The Balaban J connectivity index is 1.63. The van der Waals surface area contributed by atoms with Gasteiger partial charge in [0.25, 0.3) is 0 Å². The van der Waals surface area contributed by atoms with Crippen LogP contribution in [0.3, 0.4) is 0 Å². The number of carboxylic acid groups (broad SMARTS) is 1. The van der Waals surface area contributed by atoms with Gasteiger partial charge in [-0.1, -0.05) is 30.3 Å². The fourth-order valence-corrected chi connectivity index (χ4v) is 3.60. The van der Waals surface area contributed by atoms with E-state index in [0.29, 0.717) is 19.5 Å². The number of carboxylic acids is 1. The van der Waals surface area contributed by atoms with Crippen molar-refractivity contribution >= 4 is 23.2 Å². The number of benzene rings is 1. The maximum atomic E-state index is 12.4. The van der Waals surface area contributed by atoms with Gasteiger partial charge in [-0.3, -0.25) is 9.59 Å². The fourth-order valence-electron chi connectivity index (χ4n) is 2.76. The largest absolute Gasteiger partial charge is 0.481 e. The van der Waals surface area contributed by atoms with E-state index in [4.69, 9.17) is 0 Å². The van der Waals surface area contributed by atoms with E-state index in [2.05, 4.69) is 10.8 Å². The minimum atomic E-state index is -0.911. The van der Waals surface area contributed by atoms with Crippen LogP contribution in [0.25, 0.3) is 0 Å². The lowest BCUT2D eigenvalue weighted by atomic mass is 9.96. The predicted octanol–water partition coefficient (Wildman–Crippen LogP) is 2.92. The first-order valence-electron chi connectivity index (χ1n) is 7.22. The molecule has 1 aromatic heterocycles. The number of aliphatic carboxylic acids is 1. The molecule has 1 atom stereocenters. The molecule has 2 heterocycles. The van der Waals surface area contributed by atoms with Gasteiger partial charge in [0.2, 0.25) is 5.91 Å². The summed E-state index contributed by atoms with van der Waals surface area (Å²) in [4.78, 5) is 25.6. The average Bonchev–Trinajstić information content (AvgIpc) is 3.08. The standard InChI is InChI=1S/C17H17NO3S/c19-16(18-8-14-10-22-11-15(14)9-18)7-13(17(20)21)6-12-4-2-1-3-5-12/h1-5,10-11,13H,6-9H2,(H,20,21). The molecule has 0 spiro atoms. The van der Waals surface area contributed by atoms with Crippen LogP contribution in [0, 0.1) is 5.92 Å². The number of hydrogen-bond donors (Lipinski definition) is 1. The van der Waals surface area contributed by atoms with Crippen LogP contribution >= 0.6 is 11.3 Å². The van der Waals surface area contributed by atoms with Crippen molar-refractivity contribution < 1.29 is 14.7 Å². The third kappa shape index (κ3) is 3.20. The molecule has 5 heteroatoms. The first kappa shape index (κ1) is 14.8. The Morgan fingerprint density at radius 2 is 1.77 bits per heavy atom. The van der Waals surface area contributed by atoms with Crippen molar-refractivity contribution in [1.29, 1.82) is 0 Å². The molecule has 22 heavy (non-hydrogen) atoms. The molecule has 0 radical (unpaired) electrons. The zero-order valence-electron chi connectivity index (χ0n) is 12.1. The van der Waals surface area contributed by atoms with E-state index in [9.17, 15) is 14.7 Å². The third-order valence-electron chi connectivity index (χ3n) is 4.00. The number of amides is 1. The van der Waals surface area contributed by atoms with E-state index in [1.807, 2.05) is 30.3 Å². The molecule has 1 aliphatic rings. The Kier molecular flexibility index (Phi) is 4.24. The van der Waals surface area contributed by atoms with Gasteiger partial charge >= 0.3 is 5.97 Å². The van der Waals surface area contributed by atoms with Gasteiger partial charge in [-0.05, 0) is 33.9 Å². The third-order valence-corrected chi connectivity index (χ3v) is 4.84. The van der Waals surface area contributed by atoms with Gasteiger partial charge in [-0.2, -0.15) is 11.3 Å². The van der Waals surface area contributed by atoms with Crippen molar-refractivity contribution in [2.75, 3.05) is 0 Å². The molecule has 114 valence electrons. The predicted molar refractivity (Wildman–Crippen MR) is 84.5 cm³/mol. The molecule has 1 unspecified atom stereocenters. The van der Waals surface area contributed by atoms with Gasteiger partial charge in [0.15, 0.2) is 0 Å². The van der Waals surface area contributed by atoms with E-state index in [1.165, 1.54) is 11.1 Å². The minimum absolute atomic E-state index is 0.0535. The van der Waals surface area contributed by atoms with Gasteiger partial charge < -0.3 is 10.0 Å². The van der Waals surface area contributed by atoms with Crippen LogP contribution in [0.4, 0.5) is 0 Å². The summed E-state index contributed by atoms with van der Waals surface area (Å²) in [5, 5.41) is 13.5. The van der Waals surface area contributed by atoms with Crippen LogP contribution in [0.2, 0.25) is 0 Å². The highest BCUT2D eigenvalue weighted by atomic mass is 32.1. The van der Waals surface area contributed by atoms with E-state index < -0.39 is 11.9 Å². The van der Waals surface area contributed by atoms with Crippen LogP contribution in [0.15, 0.2) is 41.1 Å². The highest BCUT2D eigenvalue weighted by Crippen LogP contribution is 2.27. The minimum Gasteiger partial charge on any atom is -0.481 e. The lowest BCUT2D eigenvalue weighted by Crippen LogP contribution is -2.30. The Morgan fingerprint density at radius 3 is 2.36 bits per heavy atom. The van der Waals surface area contributed by atoms with E-state index in [0.717, 1.165) is 5.56 Å². The molecule has 1 N–H and O–H groups in total. The van der Waals surface area contributed by atoms with Gasteiger partial charge in [0, 0.05) is 19.5 Å². The number of carbonyl (C=O) groups is 2. The van der Waals surface area contributed by atoms with E-state index in [-0.39, 0.29) is 12.3 Å². The fraction of sp³-hybridized carbons (Fsp3) is 0.294. The summed E-state index contributed by atoms with van der Waals surface area (Å²) in [5.74, 6) is -1.66. The summed E-state index contributed by atoms with van der Waals surface area (Å²) in [6.07, 6.45) is 0.439. The zero-order chi connectivity index (χ0) is 15.5. The lowest BCUT2D eigenvalue weighted by Gasteiger charge is -2.19. The Labute approximate surface area is 133 Å². The molecule has 1 aliphatic heterocycles. The second-order valence-electron chi connectivity index (χ2n) is 5.60.